The van der Waals surface area contributed by atoms with Crippen molar-refractivity contribution in [3.63, 3.8) is 0 Å². The van der Waals surface area contributed by atoms with E-state index in [0.29, 0.717) is 31.4 Å². The number of halogens is 2. The topological polar surface area (TPSA) is 89.4 Å². The van der Waals surface area contributed by atoms with Gasteiger partial charge < -0.3 is 16.4 Å². The monoisotopic (exact) mass is 427 g/mol. The lowest BCUT2D eigenvalue weighted by molar-refractivity contribution is -0.137. The van der Waals surface area contributed by atoms with E-state index in [-0.39, 0.29) is 22.3 Å². The van der Waals surface area contributed by atoms with E-state index in [2.05, 4.69) is 0 Å². The molecule has 28 heavy (non-hydrogen) atoms. The number of hydrogen-bond acceptors (Lipinski definition) is 5. The number of fused-ring (bicyclic) bond motifs is 1. The van der Waals surface area contributed by atoms with Crippen LogP contribution >= 0.6 is 23.5 Å². The molecule has 0 radical (unpaired) electrons. The van der Waals surface area contributed by atoms with E-state index in [0.717, 1.165) is 17.1 Å². The number of nitrogens with zero attached hydrogens (tertiary/aromatic N) is 1. The summed E-state index contributed by atoms with van der Waals surface area (Å²) in [6.45, 7) is 0.489. The average Bonchev–Trinajstić information content (AvgIpc) is 3.35. The Labute approximate surface area is 170 Å². The van der Waals surface area contributed by atoms with E-state index in [1.807, 2.05) is 0 Å². The Morgan fingerprint density at radius 3 is 2.61 bits per heavy atom. The average molecular weight is 428 g/mol. The molecule has 2 saturated heterocycles. The van der Waals surface area contributed by atoms with Crippen LogP contribution < -0.4 is 11.5 Å². The third-order valence-electron chi connectivity index (χ3n) is 5.99. The number of likely N-dealkylation sites (tertiary alicyclic amines) is 1. The third-order valence-corrected chi connectivity index (χ3v) is 9.41. The van der Waals surface area contributed by atoms with Crippen LogP contribution in [0.5, 0.6) is 0 Å². The fourth-order valence-corrected chi connectivity index (χ4v) is 7.86. The van der Waals surface area contributed by atoms with Gasteiger partial charge in [0.25, 0.3) is 0 Å². The lowest BCUT2D eigenvalue weighted by Crippen LogP contribution is -2.46. The van der Waals surface area contributed by atoms with Crippen molar-refractivity contribution in [1.82, 2.24) is 4.90 Å². The Kier molecular flexibility index (Phi) is 5.35. The molecule has 3 atom stereocenters. The number of nitrogens with two attached hydrogens (primary N) is 2. The molecular formula is C19H23F2N3O2S2. The molecule has 0 bridgehead atoms. The molecule has 1 aromatic rings. The predicted octanol–water partition coefficient (Wildman–Crippen LogP) is 1.97. The number of aryl methyl sites for hydroxylation is 1. The van der Waals surface area contributed by atoms with Crippen molar-refractivity contribution in [2.24, 2.45) is 11.5 Å². The molecule has 4 N–H and O–H groups in total. The predicted molar refractivity (Wildman–Crippen MR) is 107 cm³/mol. The van der Waals surface area contributed by atoms with Gasteiger partial charge in [-0.2, -0.15) is 0 Å². The Morgan fingerprint density at radius 2 is 1.93 bits per heavy atom. The number of thioether (sulfide) groups is 2. The second-order valence-corrected chi connectivity index (χ2v) is 10.9. The number of hydrogen-bond donors (Lipinski definition) is 2. The van der Waals surface area contributed by atoms with E-state index in [9.17, 15) is 18.4 Å². The van der Waals surface area contributed by atoms with Crippen molar-refractivity contribution in [1.29, 1.82) is 0 Å². The molecule has 2 heterocycles. The highest BCUT2D eigenvalue weighted by molar-refractivity contribution is 8.21. The van der Waals surface area contributed by atoms with Gasteiger partial charge in [0.2, 0.25) is 11.8 Å². The van der Waals surface area contributed by atoms with Crippen LogP contribution in [0.4, 0.5) is 8.78 Å². The van der Waals surface area contributed by atoms with E-state index < -0.39 is 29.6 Å². The largest absolute Gasteiger partial charge is 0.368 e. The summed E-state index contributed by atoms with van der Waals surface area (Å²) in [5.41, 5.74) is 13.3. The van der Waals surface area contributed by atoms with Gasteiger partial charge in [0.15, 0.2) is 11.6 Å². The van der Waals surface area contributed by atoms with Gasteiger partial charge in [-0.15, -0.1) is 23.5 Å². The first-order valence-electron chi connectivity index (χ1n) is 9.40. The van der Waals surface area contributed by atoms with Crippen molar-refractivity contribution in [3.8, 4) is 0 Å². The molecule has 4 rings (SSSR count). The van der Waals surface area contributed by atoms with Crippen LogP contribution in [0.3, 0.4) is 0 Å². The minimum absolute atomic E-state index is 0.0539. The number of carbonyl (C=O) groups is 2. The maximum atomic E-state index is 13.7. The van der Waals surface area contributed by atoms with E-state index in [1.165, 1.54) is 12.1 Å². The zero-order valence-electron chi connectivity index (χ0n) is 15.3. The van der Waals surface area contributed by atoms with Crippen molar-refractivity contribution in [2.75, 3.05) is 18.1 Å². The number of benzene rings is 1. The van der Waals surface area contributed by atoms with Crippen LogP contribution in [0.15, 0.2) is 12.1 Å². The lowest BCUT2D eigenvalue weighted by Gasteiger charge is -2.27. The second-order valence-electron chi connectivity index (χ2n) is 7.73. The number of carbonyl (C=O) groups excluding carboxylic acids is 2. The van der Waals surface area contributed by atoms with Gasteiger partial charge in [-0.05, 0) is 36.1 Å². The second kappa shape index (κ2) is 7.50. The summed E-state index contributed by atoms with van der Waals surface area (Å²) < 4.78 is 27.0. The number of primary amides is 1. The van der Waals surface area contributed by atoms with Crippen LogP contribution in [-0.2, 0) is 16.0 Å². The molecular weight excluding hydrogens is 404 g/mol. The standard InChI is InChI=1S/C19H23F2N3O2S2/c20-13-5-10-1-2-11(12(10)6-14(13)21)15(22)7-17(25)24-9-19(27-3-4-28-19)8-16(24)18(23)26/h5-6,11,15-16H,1-4,7-9,22H2,(H2,23,26)/t11-,15-,16-/m0/s1. The summed E-state index contributed by atoms with van der Waals surface area (Å²) in [6.07, 6.45) is 1.89. The molecule has 2 amide bonds. The molecule has 9 heteroatoms. The molecule has 1 spiro atoms. The van der Waals surface area contributed by atoms with Crippen molar-refractivity contribution >= 4 is 35.3 Å². The highest BCUT2D eigenvalue weighted by Crippen LogP contribution is 2.52. The van der Waals surface area contributed by atoms with E-state index >= 15 is 0 Å². The van der Waals surface area contributed by atoms with Crippen LogP contribution in [0, 0.1) is 11.6 Å². The molecule has 5 nitrogen and oxygen atoms in total. The molecule has 2 fully saturated rings. The number of rotatable bonds is 4. The minimum Gasteiger partial charge on any atom is -0.368 e. The van der Waals surface area contributed by atoms with Gasteiger partial charge in [0, 0.05) is 42.9 Å². The van der Waals surface area contributed by atoms with Crippen molar-refractivity contribution < 1.29 is 18.4 Å². The summed E-state index contributed by atoms with van der Waals surface area (Å²) in [6, 6.07) is 1.30. The van der Waals surface area contributed by atoms with E-state index in [4.69, 9.17) is 11.5 Å². The van der Waals surface area contributed by atoms with Gasteiger partial charge >= 0.3 is 0 Å². The highest BCUT2D eigenvalue weighted by Gasteiger charge is 2.50. The van der Waals surface area contributed by atoms with Gasteiger partial charge in [0.05, 0.1) is 4.08 Å². The summed E-state index contributed by atoms with van der Waals surface area (Å²) >= 11 is 3.57. The van der Waals surface area contributed by atoms with Crippen LogP contribution in [0.1, 0.15) is 36.3 Å². The molecule has 0 saturated carbocycles. The first kappa shape index (κ1) is 20.0. The van der Waals surface area contributed by atoms with Gasteiger partial charge in [-0.1, -0.05) is 0 Å². The zero-order chi connectivity index (χ0) is 20.1. The molecule has 3 aliphatic rings. The Balaban J connectivity index is 1.48. The lowest BCUT2D eigenvalue weighted by atomic mass is 9.91. The molecule has 152 valence electrons. The first-order chi connectivity index (χ1) is 13.3. The Bertz CT molecular complexity index is 817. The quantitative estimate of drug-likeness (QED) is 0.767. The molecule has 0 unspecified atom stereocenters. The highest BCUT2D eigenvalue weighted by atomic mass is 32.2. The SMILES string of the molecule is NC(=O)[C@@H]1CC2(CN1C(=O)C[C@H](N)[C@H]1CCc3cc(F)c(F)cc31)SCCS2. The van der Waals surface area contributed by atoms with Crippen molar-refractivity contribution in [2.45, 2.75) is 47.8 Å². The fourth-order valence-electron chi connectivity index (χ4n) is 4.60. The van der Waals surface area contributed by atoms with Gasteiger partial charge in [0.1, 0.15) is 6.04 Å². The molecule has 0 aromatic heterocycles. The smallest absolute Gasteiger partial charge is 0.240 e. The summed E-state index contributed by atoms with van der Waals surface area (Å²) in [7, 11) is 0. The maximum absolute atomic E-state index is 13.7. The molecule has 1 aliphatic carbocycles. The first-order valence-corrected chi connectivity index (χ1v) is 11.4. The van der Waals surface area contributed by atoms with Gasteiger partial charge in [-0.3, -0.25) is 9.59 Å². The van der Waals surface area contributed by atoms with Crippen LogP contribution in [-0.4, -0.2) is 50.9 Å². The normalized spacial score (nSPS) is 26.6. The fraction of sp³-hybridized carbons (Fsp3) is 0.579. The summed E-state index contributed by atoms with van der Waals surface area (Å²) in [5.74, 6) is -0.644. The Morgan fingerprint density at radius 1 is 1.25 bits per heavy atom. The maximum Gasteiger partial charge on any atom is 0.240 e. The Hall–Kier alpha value is -1.32. The third kappa shape index (κ3) is 3.52. The van der Waals surface area contributed by atoms with Crippen LogP contribution in [0.25, 0.3) is 0 Å². The zero-order valence-corrected chi connectivity index (χ0v) is 17.0. The summed E-state index contributed by atoms with van der Waals surface area (Å²) in [4.78, 5) is 26.5. The molecule has 1 aromatic carbocycles. The minimum atomic E-state index is -0.894. The van der Waals surface area contributed by atoms with Gasteiger partial charge in [-0.25, -0.2) is 8.78 Å². The number of amides is 2. The van der Waals surface area contributed by atoms with Crippen LogP contribution in [0.2, 0.25) is 0 Å². The molecule has 2 aliphatic heterocycles. The van der Waals surface area contributed by atoms with Crippen molar-refractivity contribution in [3.05, 3.63) is 34.9 Å². The van der Waals surface area contributed by atoms with E-state index in [1.54, 1.807) is 28.4 Å². The summed E-state index contributed by atoms with van der Waals surface area (Å²) in [5, 5.41) is 0.